The van der Waals surface area contributed by atoms with Crippen LogP contribution >= 0.6 is 0 Å². The van der Waals surface area contributed by atoms with Crippen LogP contribution in [0.3, 0.4) is 0 Å². The Kier molecular flexibility index (Phi) is 2.30. The number of nitrogens with two attached hydrogens (primary N) is 1. The van der Waals surface area contributed by atoms with Crippen LogP contribution in [0.2, 0.25) is 0 Å². The summed E-state index contributed by atoms with van der Waals surface area (Å²) in [5, 5.41) is 6.63. The summed E-state index contributed by atoms with van der Waals surface area (Å²) in [6, 6.07) is 10.00. The van der Waals surface area contributed by atoms with E-state index in [4.69, 9.17) is 5.73 Å². The van der Waals surface area contributed by atoms with Crippen molar-refractivity contribution in [2.45, 2.75) is 13.8 Å². The summed E-state index contributed by atoms with van der Waals surface area (Å²) < 4.78 is 1.69. The van der Waals surface area contributed by atoms with Crippen molar-refractivity contribution in [1.29, 1.82) is 0 Å². The van der Waals surface area contributed by atoms with Gasteiger partial charge in [-0.05, 0) is 24.8 Å². The number of pyridine rings is 1. The normalized spacial score (nSPS) is 11.0. The fraction of sp³-hybridized carbons (Fsp3) is 0.143. The van der Waals surface area contributed by atoms with Crippen LogP contribution in [0.1, 0.15) is 11.3 Å². The molecule has 4 heteroatoms. The maximum absolute atomic E-state index is 5.96. The first-order valence-electron chi connectivity index (χ1n) is 5.83. The number of fused-ring (bicyclic) bond motifs is 1. The van der Waals surface area contributed by atoms with Crippen molar-refractivity contribution in [2.75, 3.05) is 5.73 Å². The van der Waals surface area contributed by atoms with Gasteiger partial charge in [0, 0.05) is 17.6 Å². The molecule has 0 aliphatic carbocycles. The molecule has 0 unspecified atom stereocenters. The summed E-state index contributed by atoms with van der Waals surface area (Å²) in [7, 11) is 0. The fourth-order valence-electron chi connectivity index (χ4n) is 2.18. The monoisotopic (exact) mass is 238 g/mol. The Morgan fingerprint density at radius 2 is 1.83 bits per heavy atom. The molecular weight excluding hydrogens is 224 g/mol. The van der Waals surface area contributed by atoms with Crippen LogP contribution in [0, 0.1) is 13.8 Å². The molecule has 1 aromatic carbocycles. The van der Waals surface area contributed by atoms with Gasteiger partial charge in [0.25, 0.3) is 0 Å². The SMILES string of the molecule is Cc1cc(N)n(-c2ncc(C)c3ccccc23)n1. The van der Waals surface area contributed by atoms with Crippen LogP contribution in [-0.2, 0) is 0 Å². The molecule has 0 fully saturated rings. The smallest absolute Gasteiger partial charge is 0.163 e. The van der Waals surface area contributed by atoms with Gasteiger partial charge in [-0.2, -0.15) is 9.78 Å². The fourth-order valence-corrected chi connectivity index (χ4v) is 2.18. The van der Waals surface area contributed by atoms with Gasteiger partial charge in [-0.25, -0.2) is 4.98 Å². The molecule has 18 heavy (non-hydrogen) atoms. The minimum atomic E-state index is 0.606. The van der Waals surface area contributed by atoms with E-state index in [-0.39, 0.29) is 0 Å². The van der Waals surface area contributed by atoms with E-state index in [1.165, 1.54) is 5.39 Å². The second kappa shape index (κ2) is 3.84. The van der Waals surface area contributed by atoms with Crippen molar-refractivity contribution in [3.63, 3.8) is 0 Å². The summed E-state index contributed by atoms with van der Waals surface area (Å²) in [6.07, 6.45) is 1.86. The third kappa shape index (κ3) is 1.54. The maximum atomic E-state index is 5.96. The molecule has 0 saturated carbocycles. The van der Waals surface area contributed by atoms with Crippen LogP contribution in [0.4, 0.5) is 5.82 Å². The van der Waals surface area contributed by atoms with Gasteiger partial charge in [-0.15, -0.1) is 0 Å². The predicted octanol–water partition coefficient (Wildman–Crippen LogP) is 2.62. The number of anilines is 1. The largest absolute Gasteiger partial charge is 0.384 e. The van der Waals surface area contributed by atoms with Crippen molar-refractivity contribution >= 4 is 16.6 Å². The van der Waals surface area contributed by atoms with Crippen molar-refractivity contribution in [1.82, 2.24) is 14.8 Å². The molecule has 0 aliphatic heterocycles. The van der Waals surface area contributed by atoms with E-state index in [9.17, 15) is 0 Å². The van der Waals surface area contributed by atoms with Crippen molar-refractivity contribution in [2.24, 2.45) is 0 Å². The van der Waals surface area contributed by atoms with E-state index >= 15 is 0 Å². The van der Waals surface area contributed by atoms with Crippen LogP contribution in [0.5, 0.6) is 0 Å². The lowest BCUT2D eigenvalue weighted by Crippen LogP contribution is -2.05. The molecule has 0 spiro atoms. The number of rotatable bonds is 1. The minimum Gasteiger partial charge on any atom is -0.384 e. The Labute approximate surface area is 105 Å². The van der Waals surface area contributed by atoms with Crippen LogP contribution in [-0.4, -0.2) is 14.8 Å². The molecule has 2 N–H and O–H groups in total. The molecule has 0 radical (unpaired) electrons. The van der Waals surface area contributed by atoms with Gasteiger partial charge in [0.05, 0.1) is 5.69 Å². The topological polar surface area (TPSA) is 56.7 Å². The Bertz CT molecular complexity index is 728. The number of aryl methyl sites for hydroxylation is 2. The Hall–Kier alpha value is -2.36. The van der Waals surface area contributed by atoms with Crippen molar-refractivity contribution in [3.05, 3.63) is 47.8 Å². The van der Waals surface area contributed by atoms with E-state index in [2.05, 4.69) is 23.1 Å². The average molecular weight is 238 g/mol. The lowest BCUT2D eigenvalue weighted by molar-refractivity contribution is 0.849. The molecule has 0 aliphatic rings. The lowest BCUT2D eigenvalue weighted by Gasteiger charge is -2.08. The molecule has 3 aromatic rings. The van der Waals surface area contributed by atoms with Gasteiger partial charge in [-0.3, -0.25) is 0 Å². The summed E-state index contributed by atoms with van der Waals surface area (Å²) in [6.45, 7) is 3.97. The first kappa shape index (κ1) is 10.8. The summed E-state index contributed by atoms with van der Waals surface area (Å²) >= 11 is 0. The first-order chi connectivity index (χ1) is 8.66. The van der Waals surface area contributed by atoms with Crippen LogP contribution in [0.15, 0.2) is 36.5 Å². The Balaban J connectivity index is 2.37. The third-order valence-corrected chi connectivity index (χ3v) is 3.03. The standard InChI is InChI=1S/C14H14N4/c1-9-8-16-14(12-6-4-3-5-11(9)12)18-13(15)7-10(2)17-18/h3-8H,15H2,1-2H3. The number of nitrogen functional groups attached to an aromatic ring is 1. The molecule has 0 saturated heterocycles. The zero-order valence-corrected chi connectivity index (χ0v) is 10.4. The van der Waals surface area contributed by atoms with Gasteiger partial charge in [0.15, 0.2) is 5.82 Å². The molecule has 0 atom stereocenters. The zero-order valence-electron chi connectivity index (χ0n) is 10.4. The number of hydrogen-bond donors (Lipinski definition) is 1. The summed E-state index contributed by atoms with van der Waals surface area (Å²) in [5.41, 5.74) is 8.00. The van der Waals surface area contributed by atoms with Crippen molar-refractivity contribution < 1.29 is 0 Å². The lowest BCUT2D eigenvalue weighted by atomic mass is 10.1. The van der Waals surface area contributed by atoms with E-state index < -0.39 is 0 Å². The number of nitrogens with zero attached hydrogens (tertiary/aromatic N) is 3. The third-order valence-electron chi connectivity index (χ3n) is 3.03. The first-order valence-corrected chi connectivity index (χ1v) is 5.83. The van der Waals surface area contributed by atoms with Gasteiger partial charge in [0.2, 0.25) is 0 Å². The Morgan fingerprint density at radius 1 is 1.11 bits per heavy atom. The van der Waals surface area contributed by atoms with Crippen molar-refractivity contribution in [3.8, 4) is 5.82 Å². The number of benzene rings is 1. The highest BCUT2D eigenvalue weighted by molar-refractivity contribution is 5.91. The van der Waals surface area contributed by atoms with Gasteiger partial charge < -0.3 is 5.73 Å². The van der Waals surface area contributed by atoms with Gasteiger partial charge >= 0.3 is 0 Å². The van der Waals surface area contributed by atoms with E-state index in [0.717, 1.165) is 22.5 Å². The van der Waals surface area contributed by atoms with Gasteiger partial charge in [0.1, 0.15) is 5.82 Å². The summed E-state index contributed by atoms with van der Waals surface area (Å²) in [5.74, 6) is 1.39. The average Bonchev–Trinajstić information content (AvgIpc) is 2.69. The second-order valence-electron chi connectivity index (χ2n) is 4.43. The second-order valence-corrected chi connectivity index (χ2v) is 4.43. The van der Waals surface area contributed by atoms with Crippen LogP contribution in [0.25, 0.3) is 16.6 Å². The minimum absolute atomic E-state index is 0.606. The highest BCUT2D eigenvalue weighted by atomic mass is 15.3. The molecule has 2 aromatic heterocycles. The maximum Gasteiger partial charge on any atom is 0.163 e. The molecule has 3 rings (SSSR count). The van der Waals surface area contributed by atoms with E-state index in [0.29, 0.717) is 5.82 Å². The molecular formula is C14H14N4. The van der Waals surface area contributed by atoms with Crippen LogP contribution < -0.4 is 5.73 Å². The number of hydrogen-bond acceptors (Lipinski definition) is 3. The molecule has 0 amide bonds. The summed E-state index contributed by atoms with van der Waals surface area (Å²) in [4.78, 5) is 4.47. The molecule has 4 nitrogen and oxygen atoms in total. The highest BCUT2D eigenvalue weighted by Gasteiger charge is 2.10. The van der Waals surface area contributed by atoms with E-state index in [1.807, 2.05) is 37.4 Å². The zero-order chi connectivity index (χ0) is 12.7. The molecule has 2 heterocycles. The Morgan fingerprint density at radius 3 is 2.50 bits per heavy atom. The van der Waals surface area contributed by atoms with Gasteiger partial charge in [-0.1, -0.05) is 24.3 Å². The molecule has 0 bridgehead atoms. The number of aromatic nitrogens is 3. The highest BCUT2D eigenvalue weighted by Crippen LogP contribution is 2.24. The predicted molar refractivity (Wildman–Crippen MR) is 72.8 cm³/mol. The van der Waals surface area contributed by atoms with E-state index in [1.54, 1.807) is 4.68 Å². The quantitative estimate of drug-likeness (QED) is 0.709. The molecule has 90 valence electrons.